The van der Waals surface area contributed by atoms with E-state index in [2.05, 4.69) is 90.8 Å². The molecular formula is C36H37N3O. The van der Waals surface area contributed by atoms with E-state index >= 15 is 0 Å². The van der Waals surface area contributed by atoms with Gasteiger partial charge in [-0.1, -0.05) is 62.4 Å². The second kappa shape index (κ2) is 11.4. The van der Waals surface area contributed by atoms with E-state index in [-0.39, 0.29) is 6.17 Å². The third kappa shape index (κ3) is 5.40. The van der Waals surface area contributed by atoms with E-state index in [0.29, 0.717) is 11.7 Å². The Morgan fingerprint density at radius 2 is 1.68 bits per heavy atom. The van der Waals surface area contributed by atoms with Crippen LogP contribution in [0.25, 0.3) is 22.4 Å². The van der Waals surface area contributed by atoms with Gasteiger partial charge in [-0.25, -0.2) is 4.98 Å². The highest BCUT2D eigenvalue weighted by Gasteiger charge is 2.26. The Morgan fingerprint density at radius 3 is 2.45 bits per heavy atom. The lowest BCUT2D eigenvalue weighted by Gasteiger charge is -2.35. The van der Waals surface area contributed by atoms with Gasteiger partial charge in [-0.2, -0.15) is 0 Å². The highest BCUT2D eigenvalue weighted by Crippen LogP contribution is 2.39. The second-order valence-electron chi connectivity index (χ2n) is 11.3. The first-order valence-electron chi connectivity index (χ1n) is 14.5. The number of allylic oxidation sites excluding steroid dienone is 2. The number of nitrogens with one attached hydrogen (secondary N) is 1. The molecule has 0 spiro atoms. The summed E-state index contributed by atoms with van der Waals surface area (Å²) in [5, 5.41) is 14.2. The Morgan fingerprint density at radius 1 is 0.900 bits per heavy atom. The van der Waals surface area contributed by atoms with Gasteiger partial charge in [0.15, 0.2) is 0 Å². The fourth-order valence-corrected chi connectivity index (χ4v) is 5.97. The number of phenolic OH excluding ortho intramolecular Hbond substituents is 1. The van der Waals surface area contributed by atoms with E-state index in [1.165, 1.54) is 29.5 Å². The van der Waals surface area contributed by atoms with Crippen molar-refractivity contribution in [2.24, 2.45) is 5.92 Å². The molecule has 4 aromatic rings. The molecule has 1 aliphatic heterocycles. The predicted octanol–water partition coefficient (Wildman–Crippen LogP) is 8.34. The van der Waals surface area contributed by atoms with Gasteiger partial charge in [0.05, 0.1) is 5.69 Å². The van der Waals surface area contributed by atoms with E-state index in [9.17, 15) is 5.11 Å². The molecule has 1 unspecified atom stereocenters. The summed E-state index contributed by atoms with van der Waals surface area (Å²) >= 11 is 0. The quantitative estimate of drug-likeness (QED) is 0.254. The molecule has 4 nitrogen and oxygen atoms in total. The predicted molar refractivity (Wildman–Crippen MR) is 166 cm³/mol. The van der Waals surface area contributed by atoms with Crippen molar-refractivity contribution >= 4 is 11.5 Å². The van der Waals surface area contributed by atoms with Crippen LogP contribution in [0.1, 0.15) is 43.4 Å². The topological polar surface area (TPSA) is 48.4 Å². The zero-order chi connectivity index (χ0) is 27.5. The molecule has 0 bridgehead atoms. The van der Waals surface area contributed by atoms with Crippen molar-refractivity contribution in [1.29, 1.82) is 0 Å². The number of rotatable bonds is 7. The van der Waals surface area contributed by atoms with Crippen LogP contribution in [-0.2, 0) is 19.3 Å². The van der Waals surface area contributed by atoms with Crippen molar-refractivity contribution in [3.05, 3.63) is 120 Å². The Balaban J connectivity index is 1.55. The lowest BCUT2D eigenvalue weighted by Crippen LogP contribution is -2.41. The number of para-hydroxylation sites is 2. The fourth-order valence-electron chi connectivity index (χ4n) is 5.97. The average molecular weight is 528 g/mol. The van der Waals surface area contributed by atoms with Gasteiger partial charge in [-0.05, 0) is 115 Å². The summed E-state index contributed by atoms with van der Waals surface area (Å²) < 4.78 is 0. The van der Waals surface area contributed by atoms with Crippen molar-refractivity contribution in [2.75, 3.05) is 4.90 Å². The lowest BCUT2D eigenvalue weighted by molar-refractivity contribution is 0.477. The Labute approximate surface area is 237 Å². The Kier molecular flexibility index (Phi) is 7.41. The molecule has 0 saturated heterocycles. The van der Waals surface area contributed by atoms with Gasteiger partial charge in [0, 0.05) is 16.8 Å². The standard InChI is InChI=1S/C36H37N3O/c1-25(2)20-26-21-28(31-15-8-9-17-34(31)40)23-29(22-26)33-24-27-12-6-7-16-32(27)36(38-33)39(30-13-4-3-5-14-30)35-18-10-11-19-37-35/h3-5,8-11,13-15,17-19,21-25,35,37,40H,6-7,12,16,20H2,1-2H3. The summed E-state index contributed by atoms with van der Waals surface area (Å²) in [6.45, 7) is 4.50. The first-order chi connectivity index (χ1) is 19.6. The van der Waals surface area contributed by atoms with Gasteiger partial charge < -0.3 is 15.3 Å². The van der Waals surface area contributed by atoms with Crippen LogP contribution < -0.4 is 10.2 Å². The number of hydrogen-bond acceptors (Lipinski definition) is 4. The van der Waals surface area contributed by atoms with Crippen molar-refractivity contribution in [3.63, 3.8) is 0 Å². The minimum atomic E-state index is -0.0368. The largest absolute Gasteiger partial charge is 0.507 e. The molecule has 0 saturated carbocycles. The van der Waals surface area contributed by atoms with Crippen LogP contribution in [0.5, 0.6) is 5.75 Å². The molecule has 4 heteroatoms. The van der Waals surface area contributed by atoms with Crippen LogP contribution in [0.4, 0.5) is 11.5 Å². The van der Waals surface area contributed by atoms with E-state index in [1.807, 2.05) is 30.5 Å². The number of aryl methyl sites for hydroxylation is 1. The fraction of sp³-hybridized carbons (Fsp3) is 0.250. The number of phenols is 1. The molecule has 0 amide bonds. The van der Waals surface area contributed by atoms with Crippen LogP contribution in [0, 0.1) is 5.92 Å². The molecule has 2 aliphatic rings. The van der Waals surface area contributed by atoms with Gasteiger partial charge >= 0.3 is 0 Å². The summed E-state index contributed by atoms with van der Waals surface area (Å²) in [5.74, 6) is 1.84. The number of nitrogens with zero attached hydrogens (tertiary/aromatic N) is 2. The Bertz CT molecular complexity index is 1550. The van der Waals surface area contributed by atoms with Gasteiger partial charge in [-0.3, -0.25) is 0 Å². The number of pyridine rings is 1. The number of benzene rings is 3. The molecule has 1 aromatic heterocycles. The van der Waals surface area contributed by atoms with Crippen LogP contribution >= 0.6 is 0 Å². The lowest BCUT2D eigenvalue weighted by atomic mass is 9.89. The molecule has 202 valence electrons. The average Bonchev–Trinajstić information content (AvgIpc) is 2.98. The third-order valence-electron chi connectivity index (χ3n) is 7.77. The third-order valence-corrected chi connectivity index (χ3v) is 7.77. The Hall–Kier alpha value is -4.31. The molecule has 0 fully saturated rings. The molecule has 2 heterocycles. The number of anilines is 2. The van der Waals surface area contributed by atoms with Crippen molar-refractivity contribution < 1.29 is 5.11 Å². The summed E-state index contributed by atoms with van der Waals surface area (Å²) in [6, 6.07) is 27.2. The molecule has 6 rings (SSSR count). The normalized spacial score (nSPS) is 16.0. The summed E-state index contributed by atoms with van der Waals surface area (Å²) in [7, 11) is 0. The monoisotopic (exact) mass is 527 g/mol. The molecule has 1 atom stereocenters. The maximum Gasteiger partial charge on any atom is 0.139 e. The number of fused-ring (bicyclic) bond motifs is 1. The van der Waals surface area contributed by atoms with Crippen LogP contribution in [0.15, 0.2) is 103 Å². The minimum Gasteiger partial charge on any atom is -0.507 e. The van der Waals surface area contributed by atoms with Crippen molar-refractivity contribution in [3.8, 4) is 28.1 Å². The van der Waals surface area contributed by atoms with E-state index in [0.717, 1.165) is 53.2 Å². The summed E-state index contributed by atoms with van der Waals surface area (Å²) in [6.07, 6.45) is 13.7. The first kappa shape index (κ1) is 25.9. The molecule has 2 N–H and O–H groups in total. The van der Waals surface area contributed by atoms with Gasteiger partial charge in [0.25, 0.3) is 0 Å². The number of dihydropyridines is 1. The highest BCUT2D eigenvalue weighted by molar-refractivity contribution is 5.78. The zero-order valence-corrected chi connectivity index (χ0v) is 23.3. The molecule has 0 radical (unpaired) electrons. The maximum absolute atomic E-state index is 10.7. The number of hydrogen-bond donors (Lipinski definition) is 2. The van der Waals surface area contributed by atoms with Gasteiger partial charge in [0.1, 0.15) is 17.7 Å². The molecule has 1 aliphatic carbocycles. The van der Waals surface area contributed by atoms with E-state index in [4.69, 9.17) is 4.98 Å². The van der Waals surface area contributed by atoms with Crippen LogP contribution in [0.3, 0.4) is 0 Å². The number of aromatic hydroxyl groups is 1. The highest BCUT2D eigenvalue weighted by atomic mass is 16.3. The van der Waals surface area contributed by atoms with E-state index < -0.39 is 0 Å². The first-order valence-corrected chi connectivity index (χ1v) is 14.5. The van der Waals surface area contributed by atoms with Crippen molar-refractivity contribution in [1.82, 2.24) is 10.3 Å². The number of aromatic nitrogens is 1. The minimum absolute atomic E-state index is 0.0368. The van der Waals surface area contributed by atoms with Crippen molar-refractivity contribution in [2.45, 2.75) is 52.1 Å². The molecule has 3 aromatic carbocycles. The van der Waals surface area contributed by atoms with E-state index in [1.54, 1.807) is 6.07 Å². The van der Waals surface area contributed by atoms with Gasteiger partial charge in [0.2, 0.25) is 0 Å². The van der Waals surface area contributed by atoms with Crippen LogP contribution in [-0.4, -0.2) is 16.3 Å². The maximum atomic E-state index is 10.7. The zero-order valence-electron chi connectivity index (χ0n) is 23.3. The second-order valence-corrected chi connectivity index (χ2v) is 11.3. The summed E-state index contributed by atoms with van der Waals surface area (Å²) in [5.41, 5.74) is 9.05. The molecule has 40 heavy (non-hydrogen) atoms. The smallest absolute Gasteiger partial charge is 0.139 e. The van der Waals surface area contributed by atoms with Gasteiger partial charge in [-0.15, -0.1) is 0 Å². The molecular weight excluding hydrogens is 490 g/mol. The SMILES string of the molecule is CC(C)Cc1cc(-c2cc3c(c(N(c4ccccc4)C4C=CC=CN4)n2)CCCC3)cc(-c2ccccc2O)c1. The van der Waals surface area contributed by atoms with Crippen LogP contribution in [0.2, 0.25) is 0 Å². The summed E-state index contributed by atoms with van der Waals surface area (Å²) in [4.78, 5) is 7.79.